The maximum atomic E-state index is 9.28. The van der Waals surface area contributed by atoms with Gasteiger partial charge in [0.25, 0.3) is 0 Å². The van der Waals surface area contributed by atoms with Crippen molar-refractivity contribution in [2.24, 2.45) is 0 Å². The van der Waals surface area contributed by atoms with Crippen LogP contribution in [0.25, 0.3) is 0 Å². The van der Waals surface area contributed by atoms with Crippen LogP contribution in [0, 0.1) is 0 Å². The fourth-order valence-corrected chi connectivity index (χ4v) is 3.22. The van der Waals surface area contributed by atoms with E-state index in [1.54, 1.807) is 19.2 Å². The second-order valence-corrected chi connectivity index (χ2v) is 6.16. The molecule has 18 heavy (non-hydrogen) atoms. The molecule has 0 aliphatic rings. The second kappa shape index (κ2) is 5.83. The molecule has 0 saturated carbocycles. The first-order chi connectivity index (χ1) is 8.69. The molecule has 0 aliphatic carbocycles. The van der Waals surface area contributed by atoms with Crippen molar-refractivity contribution in [1.82, 2.24) is 0 Å². The Bertz CT molecular complexity index is 508. The van der Waals surface area contributed by atoms with E-state index >= 15 is 0 Å². The smallest absolute Gasteiger partial charge is 0.155 e. The molecule has 1 atom stereocenters. The molecule has 0 radical (unpaired) electrons. The molecule has 0 bridgehead atoms. The van der Waals surface area contributed by atoms with Crippen LogP contribution in [0.15, 0.2) is 53.4 Å². The molecule has 0 aliphatic heterocycles. The number of aromatic hydroxyl groups is 1. The molecule has 0 fully saturated rings. The lowest BCUT2D eigenvalue weighted by molar-refractivity contribution is 0.414. The van der Waals surface area contributed by atoms with Gasteiger partial charge in [-0.3, -0.25) is 0 Å². The number of benzene rings is 2. The van der Waals surface area contributed by atoms with Crippen molar-refractivity contribution in [1.29, 1.82) is 0 Å². The van der Waals surface area contributed by atoms with E-state index in [1.807, 2.05) is 24.3 Å². The van der Waals surface area contributed by atoms with Gasteiger partial charge in [0.15, 0.2) is 4.90 Å². The maximum absolute atomic E-state index is 9.28. The van der Waals surface area contributed by atoms with Gasteiger partial charge in [-0.2, -0.15) is 0 Å². The fraction of sp³-hybridized carbons (Fsp3) is 0.200. The van der Waals surface area contributed by atoms with Gasteiger partial charge in [-0.25, -0.2) is 0 Å². The van der Waals surface area contributed by atoms with Gasteiger partial charge in [-0.05, 0) is 36.4 Å². The molecule has 2 rings (SSSR count). The molecule has 2 aromatic rings. The molecule has 0 amide bonds. The first-order valence-electron chi connectivity index (χ1n) is 5.73. The monoisotopic (exact) mass is 261 g/mol. The van der Waals surface area contributed by atoms with E-state index in [1.165, 1.54) is 10.5 Å². The van der Waals surface area contributed by atoms with Crippen molar-refractivity contribution in [2.75, 3.05) is 13.4 Å². The summed E-state index contributed by atoms with van der Waals surface area (Å²) in [6.45, 7) is 0. The van der Waals surface area contributed by atoms with Gasteiger partial charge in [-0.1, -0.05) is 12.1 Å². The number of ether oxygens (including phenoxy) is 1. The third-order valence-corrected chi connectivity index (χ3v) is 4.60. The summed E-state index contributed by atoms with van der Waals surface area (Å²) in [6.07, 6.45) is 2.21. The summed E-state index contributed by atoms with van der Waals surface area (Å²) >= 11 is 0. The lowest BCUT2D eigenvalue weighted by Gasteiger charge is -2.05. The summed E-state index contributed by atoms with van der Waals surface area (Å²) in [5, 5.41) is 9.28. The van der Waals surface area contributed by atoms with Gasteiger partial charge < -0.3 is 9.84 Å². The van der Waals surface area contributed by atoms with E-state index in [0.717, 1.165) is 11.5 Å². The average Bonchev–Trinajstić information content (AvgIpc) is 2.39. The zero-order valence-electron chi connectivity index (χ0n) is 10.6. The summed E-state index contributed by atoms with van der Waals surface area (Å²) in [5.41, 5.74) is 1.27. The molecule has 94 valence electrons. The predicted octanol–water partition coefficient (Wildman–Crippen LogP) is 3.21. The average molecular weight is 261 g/mol. The highest BCUT2D eigenvalue weighted by atomic mass is 32.2. The molecule has 0 saturated heterocycles. The van der Waals surface area contributed by atoms with Gasteiger partial charge in [0.2, 0.25) is 0 Å². The van der Waals surface area contributed by atoms with Crippen molar-refractivity contribution in [2.45, 2.75) is 10.6 Å². The van der Waals surface area contributed by atoms with E-state index in [0.29, 0.717) is 5.75 Å². The van der Waals surface area contributed by atoms with E-state index in [9.17, 15) is 5.11 Å². The second-order valence-electron chi connectivity index (χ2n) is 4.13. The van der Waals surface area contributed by atoms with Crippen LogP contribution < -0.4 is 4.74 Å². The highest BCUT2D eigenvalue weighted by Crippen LogP contribution is 2.21. The summed E-state index contributed by atoms with van der Waals surface area (Å²) in [7, 11) is 1.82. The molecular weight excluding hydrogens is 244 g/mol. The molecule has 0 spiro atoms. The first kappa shape index (κ1) is 12.8. The highest BCUT2D eigenvalue weighted by Gasteiger charge is 2.16. The van der Waals surface area contributed by atoms with Crippen molar-refractivity contribution in [3.8, 4) is 11.5 Å². The summed E-state index contributed by atoms with van der Waals surface area (Å²) in [5.74, 6) is 2.20. The van der Waals surface area contributed by atoms with E-state index < -0.39 is 0 Å². The molecule has 0 aromatic heterocycles. The van der Waals surface area contributed by atoms with Gasteiger partial charge >= 0.3 is 0 Å². The van der Waals surface area contributed by atoms with Gasteiger partial charge in [0.05, 0.1) is 7.11 Å². The quantitative estimate of drug-likeness (QED) is 0.856. The Morgan fingerprint density at radius 1 is 1.11 bits per heavy atom. The standard InChI is InChI=1S/C15H16O2S/c1-17-14-5-3-4-12(10-14)11-18(2)15-8-6-13(16)7-9-15/h3-10H,11H2,1-2H3/p+1. The Hall–Kier alpha value is -1.61. The van der Waals surface area contributed by atoms with Gasteiger partial charge in [-0.15, -0.1) is 0 Å². The third-order valence-electron chi connectivity index (χ3n) is 2.76. The molecule has 3 heteroatoms. The first-order valence-corrected chi connectivity index (χ1v) is 7.54. The van der Waals surface area contributed by atoms with Crippen LogP contribution in [0.5, 0.6) is 11.5 Å². The third kappa shape index (κ3) is 3.20. The zero-order chi connectivity index (χ0) is 13.0. The Morgan fingerprint density at radius 2 is 1.83 bits per heavy atom. The van der Waals surface area contributed by atoms with Gasteiger partial charge in [0.1, 0.15) is 23.5 Å². The lowest BCUT2D eigenvalue weighted by atomic mass is 10.2. The molecule has 2 aromatic carbocycles. The fourth-order valence-electron chi connectivity index (χ4n) is 1.77. The van der Waals surface area contributed by atoms with Crippen LogP contribution in [0.2, 0.25) is 0 Å². The van der Waals surface area contributed by atoms with Crippen molar-refractivity contribution >= 4 is 10.9 Å². The number of hydrogen-bond acceptors (Lipinski definition) is 2. The number of rotatable bonds is 4. The van der Waals surface area contributed by atoms with Crippen LogP contribution in [-0.4, -0.2) is 18.5 Å². The van der Waals surface area contributed by atoms with Crippen LogP contribution >= 0.6 is 0 Å². The van der Waals surface area contributed by atoms with Gasteiger partial charge in [0, 0.05) is 16.5 Å². The molecule has 1 unspecified atom stereocenters. The summed E-state index contributed by atoms with van der Waals surface area (Å²) in [6, 6.07) is 15.6. The van der Waals surface area contributed by atoms with E-state index in [4.69, 9.17) is 4.74 Å². The number of phenolic OH excluding ortho intramolecular Hbond substituents is 1. The van der Waals surface area contributed by atoms with Crippen molar-refractivity contribution < 1.29 is 9.84 Å². The predicted molar refractivity (Wildman–Crippen MR) is 76.4 cm³/mol. The number of phenols is 1. The van der Waals surface area contributed by atoms with Crippen LogP contribution in [0.1, 0.15) is 5.56 Å². The lowest BCUT2D eigenvalue weighted by Crippen LogP contribution is -2.03. The van der Waals surface area contributed by atoms with Crippen LogP contribution in [-0.2, 0) is 16.6 Å². The number of methoxy groups -OCH3 is 1. The van der Waals surface area contributed by atoms with Crippen molar-refractivity contribution in [3.05, 3.63) is 54.1 Å². The van der Waals surface area contributed by atoms with E-state index in [2.05, 4.69) is 18.4 Å². The minimum absolute atomic E-state index is 0.130. The highest BCUT2D eigenvalue weighted by molar-refractivity contribution is 7.95. The summed E-state index contributed by atoms with van der Waals surface area (Å²) < 4.78 is 5.23. The Balaban J connectivity index is 2.10. The summed E-state index contributed by atoms with van der Waals surface area (Å²) in [4.78, 5) is 1.26. The van der Waals surface area contributed by atoms with Crippen LogP contribution in [0.4, 0.5) is 0 Å². The Labute approximate surface area is 111 Å². The Morgan fingerprint density at radius 3 is 2.50 bits per heavy atom. The SMILES string of the molecule is COc1cccc(C[S+](C)c2ccc(O)cc2)c1. The Kier molecular flexibility index (Phi) is 4.15. The molecule has 0 heterocycles. The normalized spacial score (nSPS) is 12.1. The maximum Gasteiger partial charge on any atom is 0.155 e. The molecule has 1 N–H and O–H groups in total. The minimum Gasteiger partial charge on any atom is -0.508 e. The largest absolute Gasteiger partial charge is 0.508 e. The topological polar surface area (TPSA) is 29.5 Å². The van der Waals surface area contributed by atoms with E-state index in [-0.39, 0.29) is 10.9 Å². The van der Waals surface area contributed by atoms with Crippen LogP contribution in [0.3, 0.4) is 0 Å². The molecule has 2 nitrogen and oxygen atoms in total. The van der Waals surface area contributed by atoms with Crippen molar-refractivity contribution in [3.63, 3.8) is 0 Å². The minimum atomic E-state index is 0.130. The number of hydrogen-bond donors (Lipinski definition) is 1. The zero-order valence-corrected chi connectivity index (χ0v) is 11.4. The molecular formula is C15H17O2S+.